The second-order valence-corrected chi connectivity index (χ2v) is 4.18. The van der Waals surface area contributed by atoms with Gasteiger partial charge in [0.05, 0.1) is 0 Å². The van der Waals surface area contributed by atoms with Gasteiger partial charge in [-0.1, -0.05) is 30.3 Å². The van der Waals surface area contributed by atoms with Crippen molar-refractivity contribution in [1.82, 2.24) is 0 Å². The van der Waals surface area contributed by atoms with E-state index in [0.717, 1.165) is 32.9 Å². The molecule has 17 heavy (non-hydrogen) atoms. The zero-order chi connectivity index (χ0) is 12.0. The lowest BCUT2D eigenvalue weighted by molar-refractivity contribution is 1.72. The molecular weight excluding hydrogens is 210 g/mol. The normalized spacial score (nSPS) is 11.1. The van der Waals surface area contributed by atoms with Crippen LogP contribution in [-0.2, 0) is 0 Å². The van der Waals surface area contributed by atoms with Crippen LogP contribution in [0.1, 0.15) is 0 Å². The quantitative estimate of drug-likeness (QED) is 0.311. The van der Waals surface area contributed by atoms with Gasteiger partial charge in [0, 0.05) is 38.6 Å². The Bertz CT molecular complexity index is 732. The molecule has 3 aromatic rings. The Morgan fingerprint density at radius 3 is 1.76 bits per heavy atom. The lowest BCUT2D eigenvalue weighted by Crippen LogP contribution is -1.96. The van der Waals surface area contributed by atoms with E-state index in [-0.39, 0.29) is 0 Å². The highest BCUT2D eigenvalue weighted by Gasteiger charge is 2.09. The summed E-state index contributed by atoms with van der Waals surface area (Å²) in [4.78, 5) is 0. The van der Waals surface area contributed by atoms with Crippen LogP contribution in [0.25, 0.3) is 21.5 Å². The average molecular weight is 223 g/mol. The molecule has 0 atom stereocenters. The minimum absolute atomic E-state index is 0.693. The molecule has 0 aliphatic heterocycles. The van der Waals surface area contributed by atoms with E-state index in [1.54, 1.807) is 0 Å². The Balaban J connectivity index is 2.63. The second kappa shape index (κ2) is 3.28. The van der Waals surface area contributed by atoms with Crippen LogP contribution in [0.15, 0.2) is 42.5 Å². The third kappa shape index (κ3) is 1.29. The molecule has 0 fully saturated rings. The van der Waals surface area contributed by atoms with Crippen molar-refractivity contribution in [2.24, 2.45) is 0 Å². The lowest BCUT2D eigenvalue weighted by Gasteiger charge is -2.11. The van der Waals surface area contributed by atoms with Crippen LogP contribution in [0, 0.1) is 0 Å². The molecule has 6 N–H and O–H groups in total. The number of fused-ring (bicyclic) bond motifs is 2. The van der Waals surface area contributed by atoms with Gasteiger partial charge < -0.3 is 17.2 Å². The smallest absolute Gasteiger partial charge is 0.0475 e. The molecule has 0 amide bonds. The predicted molar refractivity (Wildman–Crippen MR) is 74.7 cm³/mol. The monoisotopic (exact) mass is 223 g/mol. The molecular formula is C14H13N3. The Morgan fingerprint density at radius 2 is 1.12 bits per heavy atom. The van der Waals surface area contributed by atoms with Crippen LogP contribution in [-0.4, -0.2) is 0 Å². The van der Waals surface area contributed by atoms with Crippen LogP contribution in [0.3, 0.4) is 0 Å². The van der Waals surface area contributed by atoms with Crippen LogP contribution < -0.4 is 17.2 Å². The van der Waals surface area contributed by atoms with Gasteiger partial charge in [-0.3, -0.25) is 0 Å². The molecule has 0 spiro atoms. The fourth-order valence-electron chi connectivity index (χ4n) is 2.26. The lowest BCUT2D eigenvalue weighted by atomic mass is 9.98. The number of hydrogen-bond donors (Lipinski definition) is 3. The maximum Gasteiger partial charge on any atom is 0.0475 e. The molecule has 84 valence electrons. The third-order valence-corrected chi connectivity index (χ3v) is 3.13. The Morgan fingerprint density at radius 1 is 0.588 bits per heavy atom. The van der Waals surface area contributed by atoms with Gasteiger partial charge in [0.1, 0.15) is 0 Å². The van der Waals surface area contributed by atoms with E-state index in [2.05, 4.69) is 0 Å². The van der Waals surface area contributed by atoms with Crippen LogP contribution in [0.4, 0.5) is 17.1 Å². The van der Waals surface area contributed by atoms with Gasteiger partial charge in [-0.25, -0.2) is 0 Å². The molecule has 0 saturated heterocycles. The first-order chi connectivity index (χ1) is 8.18. The number of nitrogens with two attached hydrogens (primary N) is 3. The number of hydrogen-bond acceptors (Lipinski definition) is 3. The summed E-state index contributed by atoms with van der Waals surface area (Å²) in [5.74, 6) is 0. The Hall–Kier alpha value is -2.42. The molecule has 0 heterocycles. The highest BCUT2D eigenvalue weighted by molar-refractivity contribution is 6.18. The fraction of sp³-hybridized carbons (Fsp3) is 0. The summed E-state index contributed by atoms with van der Waals surface area (Å²) in [5, 5.41) is 3.84. The molecule has 0 aromatic heterocycles. The van der Waals surface area contributed by atoms with E-state index < -0.39 is 0 Å². The summed E-state index contributed by atoms with van der Waals surface area (Å²) in [6, 6.07) is 13.5. The molecule has 0 saturated carbocycles. The Labute approximate surface area is 98.8 Å². The maximum absolute atomic E-state index is 6.18. The van der Waals surface area contributed by atoms with Crippen molar-refractivity contribution in [2.75, 3.05) is 17.2 Å². The van der Waals surface area contributed by atoms with Crippen LogP contribution in [0.5, 0.6) is 0 Å². The number of benzene rings is 3. The number of rotatable bonds is 0. The summed E-state index contributed by atoms with van der Waals surface area (Å²) in [7, 11) is 0. The van der Waals surface area contributed by atoms with Gasteiger partial charge in [0.2, 0.25) is 0 Å². The van der Waals surface area contributed by atoms with Crippen molar-refractivity contribution >= 4 is 38.6 Å². The van der Waals surface area contributed by atoms with Crippen molar-refractivity contribution < 1.29 is 0 Å². The minimum Gasteiger partial charge on any atom is -0.399 e. The van der Waals surface area contributed by atoms with Crippen molar-refractivity contribution in [3.05, 3.63) is 42.5 Å². The van der Waals surface area contributed by atoms with Crippen molar-refractivity contribution in [3.8, 4) is 0 Å². The average Bonchev–Trinajstić information content (AvgIpc) is 2.36. The van der Waals surface area contributed by atoms with E-state index in [1.165, 1.54) is 0 Å². The minimum atomic E-state index is 0.693. The molecule has 0 bridgehead atoms. The summed E-state index contributed by atoms with van der Waals surface area (Å²) in [6.45, 7) is 0. The molecule has 3 nitrogen and oxygen atoms in total. The molecule has 3 rings (SSSR count). The highest BCUT2D eigenvalue weighted by Crippen LogP contribution is 2.37. The first-order valence-electron chi connectivity index (χ1n) is 5.43. The molecule has 0 unspecified atom stereocenters. The first-order valence-corrected chi connectivity index (χ1v) is 5.43. The van der Waals surface area contributed by atoms with Gasteiger partial charge >= 0.3 is 0 Å². The summed E-state index contributed by atoms with van der Waals surface area (Å²) < 4.78 is 0. The van der Waals surface area contributed by atoms with Crippen molar-refractivity contribution in [1.29, 1.82) is 0 Å². The zero-order valence-electron chi connectivity index (χ0n) is 9.27. The largest absolute Gasteiger partial charge is 0.399 e. The van der Waals surface area contributed by atoms with E-state index in [0.29, 0.717) is 5.69 Å². The van der Waals surface area contributed by atoms with Crippen molar-refractivity contribution in [2.45, 2.75) is 0 Å². The molecule has 3 heteroatoms. The SMILES string of the molecule is Nc1ccc2c(N)c3ccccc3c(N)c2c1. The van der Waals surface area contributed by atoms with E-state index >= 15 is 0 Å². The molecule has 0 aliphatic carbocycles. The van der Waals surface area contributed by atoms with E-state index in [4.69, 9.17) is 17.2 Å². The van der Waals surface area contributed by atoms with Gasteiger partial charge in [0.15, 0.2) is 0 Å². The summed E-state index contributed by atoms with van der Waals surface area (Å²) in [5.41, 5.74) is 20.3. The fourth-order valence-corrected chi connectivity index (χ4v) is 2.26. The number of nitrogen functional groups attached to an aromatic ring is 3. The number of anilines is 3. The van der Waals surface area contributed by atoms with Crippen LogP contribution >= 0.6 is 0 Å². The van der Waals surface area contributed by atoms with Gasteiger partial charge in [-0.2, -0.15) is 0 Å². The van der Waals surface area contributed by atoms with E-state index in [9.17, 15) is 0 Å². The molecule has 0 aliphatic rings. The first kappa shape index (κ1) is 9.78. The maximum atomic E-state index is 6.18. The van der Waals surface area contributed by atoms with Gasteiger partial charge in [-0.05, 0) is 12.1 Å². The van der Waals surface area contributed by atoms with Gasteiger partial charge in [-0.15, -0.1) is 0 Å². The zero-order valence-corrected chi connectivity index (χ0v) is 9.27. The second-order valence-electron chi connectivity index (χ2n) is 4.18. The Kier molecular flexibility index (Phi) is 1.89. The third-order valence-electron chi connectivity index (χ3n) is 3.13. The summed E-state index contributed by atoms with van der Waals surface area (Å²) >= 11 is 0. The standard InChI is InChI=1S/C14H13N3/c15-8-5-6-11-12(7-8)14(17)10-4-2-1-3-9(10)13(11)16/h1-7H,15-17H2. The van der Waals surface area contributed by atoms with Crippen molar-refractivity contribution in [3.63, 3.8) is 0 Å². The topological polar surface area (TPSA) is 78.1 Å². The van der Waals surface area contributed by atoms with Gasteiger partial charge in [0.25, 0.3) is 0 Å². The molecule has 3 aromatic carbocycles. The van der Waals surface area contributed by atoms with Crippen LogP contribution in [0.2, 0.25) is 0 Å². The predicted octanol–water partition coefficient (Wildman–Crippen LogP) is 2.74. The summed E-state index contributed by atoms with van der Waals surface area (Å²) in [6.07, 6.45) is 0. The molecule has 0 radical (unpaired) electrons. The van der Waals surface area contributed by atoms with E-state index in [1.807, 2.05) is 42.5 Å². The highest BCUT2D eigenvalue weighted by atomic mass is 14.6.